The molecule has 0 bridgehead atoms. The molecule has 0 fully saturated rings. The highest BCUT2D eigenvalue weighted by atomic mass is 79.9. The first-order chi connectivity index (χ1) is 8.11. The van der Waals surface area contributed by atoms with Crippen LogP contribution in [0.5, 0.6) is 0 Å². The van der Waals surface area contributed by atoms with Gasteiger partial charge in [-0.3, -0.25) is 0 Å². The van der Waals surface area contributed by atoms with Gasteiger partial charge in [0, 0.05) is 5.56 Å². The number of benzene rings is 1. The van der Waals surface area contributed by atoms with Crippen LogP contribution in [0.1, 0.15) is 11.3 Å². The van der Waals surface area contributed by atoms with E-state index in [9.17, 15) is 8.78 Å². The van der Waals surface area contributed by atoms with Crippen molar-refractivity contribution in [1.82, 2.24) is 15.0 Å². The number of hydrogen-bond donors (Lipinski definition) is 1. The van der Waals surface area contributed by atoms with Gasteiger partial charge in [0.05, 0.1) is 23.8 Å². The Morgan fingerprint density at radius 2 is 2.12 bits per heavy atom. The van der Waals surface area contributed by atoms with Gasteiger partial charge in [-0.25, -0.2) is 13.5 Å². The number of halogens is 3. The summed E-state index contributed by atoms with van der Waals surface area (Å²) < 4.78 is 28.5. The number of nitrogens with zero attached hydrogens (tertiary/aromatic N) is 3. The van der Waals surface area contributed by atoms with E-state index in [0.29, 0.717) is 5.69 Å². The highest BCUT2D eigenvalue weighted by Crippen LogP contribution is 2.22. The zero-order valence-electron chi connectivity index (χ0n) is 8.57. The lowest BCUT2D eigenvalue weighted by atomic mass is 10.2. The van der Waals surface area contributed by atoms with E-state index in [-0.39, 0.29) is 23.2 Å². The molecule has 2 aromatic rings. The lowest BCUT2D eigenvalue weighted by Gasteiger charge is -2.05. The number of aliphatic hydroxyl groups is 1. The van der Waals surface area contributed by atoms with Gasteiger partial charge in [-0.1, -0.05) is 5.21 Å². The maximum Gasteiger partial charge on any atom is 0.145 e. The molecule has 0 saturated heterocycles. The molecule has 17 heavy (non-hydrogen) atoms. The summed E-state index contributed by atoms with van der Waals surface area (Å²) in [6.07, 6.45) is 1.43. The lowest BCUT2D eigenvalue weighted by molar-refractivity contribution is 0.276. The lowest BCUT2D eigenvalue weighted by Crippen LogP contribution is -2.06. The van der Waals surface area contributed by atoms with Gasteiger partial charge in [-0.05, 0) is 28.1 Å². The van der Waals surface area contributed by atoms with Crippen LogP contribution in [0.3, 0.4) is 0 Å². The van der Waals surface area contributed by atoms with Gasteiger partial charge in [-0.15, -0.1) is 5.10 Å². The maximum atomic E-state index is 13.6. The first-order valence-corrected chi connectivity index (χ1v) is 5.53. The number of hydrogen-bond acceptors (Lipinski definition) is 3. The Morgan fingerprint density at radius 1 is 1.35 bits per heavy atom. The van der Waals surface area contributed by atoms with Crippen LogP contribution in [0.15, 0.2) is 22.8 Å². The van der Waals surface area contributed by atoms with Crippen molar-refractivity contribution in [1.29, 1.82) is 0 Å². The minimum Gasteiger partial charge on any atom is -0.390 e. The fourth-order valence-electron chi connectivity index (χ4n) is 1.36. The summed E-state index contributed by atoms with van der Waals surface area (Å²) in [4.78, 5) is 0. The Hall–Kier alpha value is -1.34. The second kappa shape index (κ2) is 4.89. The van der Waals surface area contributed by atoms with Crippen LogP contribution in [0.25, 0.3) is 0 Å². The van der Waals surface area contributed by atoms with Crippen molar-refractivity contribution in [3.8, 4) is 0 Å². The van der Waals surface area contributed by atoms with E-state index in [1.165, 1.54) is 23.0 Å². The predicted octanol–water partition coefficient (Wildman–Crippen LogP) is 1.86. The van der Waals surface area contributed by atoms with Crippen molar-refractivity contribution in [2.75, 3.05) is 0 Å². The molecule has 0 aliphatic carbocycles. The normalized spacial score (nSPS) is 10.8. The Kier molecular flexibility index (Phi) is 3.49. The van der Waals surface area contributed by atoms with Crippen molar-refractivity contribution in [3.05, 3.63) is 45.7 Å². The van der Waals surface area contributed by atoms with Gasteiger partial charge in [0.1, 0.15) is 17.3 Å². The summed E-state index contributed by atoms with van der Waals surface area (Å²) in [6.45, 7) is -0.340. The van der Waals surface area contributed by atoms with Crippen LogP contribution in [-0.4, -0.2) is 20.1 Å². The summed E-state index contributed by atoms with van der Waals surface area (Å²) >= 11 is 2.99. The first kappa shape index (κ1) is 12.1. The molecule has 7 heteroatoms. The van der Waals surface area contributed by atoms with Crippen LogP contribution >= 0.6 is 15.9 Å². The third-order valence-electron chi connectivity index (χ3n) is 2.21. The largest absolute Gasteiger partial charge is 0.390 e. The van der Waals surface area contributed by atoms with Gasteiger partial charge in [0.2, 0.25) is 0 Å². The molecule has 4 nitrogen and oxygen atoms in total. The average Bonchev–Trinajstić information content (AvgIpc) is 2.77. The van der Waals surface area contributed by atoms with Gasteiger partial charge in [0.25, 0.3) is 0 Å². The van der Waals surface area contributed by atoms with Gasteiger partial charge in [-0.2, -0.15) is 0 Å². The minimum atomic E-state index is -0.661. The maximum absolute atomic E-state index is 13.6. The van der Waals surface area contributed by atoms with Crippen molar-refractivity contribution < 1.29 is 13.9 Å². The van der Waals surface area contributed by atoms with Gasteiger partial charge >= 0.3 is 0 Å². The molecule has 1 aromatic carbocycles. The molecule has 0 atom stereocenters. The topological polar surface area (TPSA) is 50.9 Å². The second-order valence-corrected chi connectivity index (χ2v) is 4.24. The molecule has 2 rings (SSSR count). The average molecular weight is 304 g/mol. The van der Waals surface area contributed by atoms with Crippen LogP contribution in [-0.2, 0) is 13.2 Å². The van der Waals surface area contributed by atoms with E-state index < -0.39 is 11.6 Å². The van der Waals surface area contributed by atoms with Crippen LogP contribution in [0.4, 0.5) is 8.78 Å². The molecular weight excluding hydrogens is 296 g/mol. The molecule has 0 saturated carbocycles. The zero-order valence-corrected chi connectivity index (χ0v) is 10.2. The van der Waals surface area contributed by atoms with Crippen molar-refractivity contribution in [2.45, 2.75) is 13.2 Å². The summed E-state index contributed by atoms with van der Waals surface area (Å²) in [5.74, 6) is -1.31. The molecular formula is C10H8BrF2N3O. The molecule has 0 aliphatic rings. The SMILES string of the molecule is OCc1cn(Cc2c(F)ccc(Br)c2F)nn1. The molecule has 0 unspecified atom stereocenters. The van der Waals surface area contributed by atoms with E-state index in [1.54, 1.807) is 0 Å². The Balaban J connectivity index is 2.32. The third kappa shape index (κ3) is 2.50. The van der Waals surface area contributed by atoms with Crippen LogP contribution in [0.2, 0.25) is 0 Å². The Labute approximate surface area is 104 Å². The minimum absolute atomic E-state index is 0.0793. The highest BCUT2D eigenvalue weighted by Gasteiger charge is 2.13. The molecule has 0 spiro atoms. The smallest absolute Gasteiger partial charge is 0.145 e. The molecule has 90 valence electrons. The second-order valence-electron chi connectivity index (χ2n) is 3.39. The number of rotatable bonds is 3. The van der Waals surface area contributed by atoms with Crippen molar-refractivity contribution in [3.63, 3.8) is 0 Å². The Morgan fingerprint density at radius 3 is 2.76 bits per heavy atom. The molecule has 0 aliphatic heterocycles. The zero-order chi connectivity index (χ0) is 12.4. The van der Waals surface area contributed by atoms with E-state index in [0.717, 1.165) is 0 Å². The van der Waals surface area contributed by atoms with Crippen LogP contribution in [0, 0.1) is 11.6 Å². The third-order valence-corrected chi connectivity index (χ3v) is 2.82. The number of aromatic nitrogens is 3. The predicted molar refractivity (Wildman–Crippen MR) is 59.1 cm³/mol. The summed E-state index contributed by atoms with van der Waals surface area (Å²) in [5.41, 5.74) is 0.245. The van der Waals surface area contributed by atoms with E-state index >= 15 is 0 Å². The van der Waals surface area contributed by atoms with Crippen LogP contribution < -0.4 is 0 Å². The van der Waals surface area contributed by atoms with Crippen molar-refractivity contribution >= 4 is 15.9 Å². The summed E-state index contributed by atoms with van der Waals surface area (Å²) in [6, 6.07) is 2.47. The molecule has 1 heterocycles. The first-order valence-electron chi connectivity index (χ1n) is 4.74. The molecule has 1 aromatic heterocycles. The van der Waals surface area contributed by atoms with E-state index in [4.69, 9.17) is 5.11 Å². The van der Waals surface area contributed by atoms with E-state index in [2.05, 4.69) is 26.2 Å². The summed E-state index contributed by atoms with van der Waals surface area (Å²) in [5, 5.41) is 16.1. The standard InChI is InChI=1S/C10H8BrF2N3O/c11-8-1-2-9(12)7(10(8)13)4-16-3-6(5-17)14-15-16/h1-3,17H,4-5H2. The van der Waals surface area contributed by atoms with E-state index in [1.807, 2.05) is 0 Å². The quantitative estimate of drug-likeness (QED) is 0.881. The fourth-order valence-corrected chi connectivity index (χ4v) is 1.74. The Bertz CT molecular complexity index is 544. The molecule has 0 radical (unpaired) electrons. The van der Waals surface area contributed by atoms with Gasteiger partial charge < -0.3 is 5.11 Å². The highest BCUT2D eigenvalue weighted by molar-refractivity contribution is 9.10. The molecule has 1 N–H and O–H groups in total. The monoisotopic (exact) mass is 303 g/mol. The number of aliphatic hydroxyl groups excluding tert-OH is 1. The fraction of sp³-hybridized carbons (Fsp3) is 0.200. The summed E-state index contributed by atoms with van der Waals surface area (Å²) in [7, 11) is 0. The van der Waals surface area contributed by atoms with Crippen molar-refractivity contribution in [2.24, 2.45) is 0 Å². The van der Waals surface area contributed by atoms with Gasteiger partial charge in [0.15, 0.2) is 0 Å². The molecule has 0 amide bonds.